The average molecular weight is 304 g/mol. The Morgan fingerprint density at radius 2 is 2.21 bits per heavy atom. The van der Waals surface area contributed by atoms with Gasteiger partial charge < -0.3 is 16.3 Å². The fourth-order valence-electron chi connectivity index (χ4n) is 1.53. The lowest BCUT2D eigenvalue weighted by Crippen LogP contribution is -2.37. The molecule has 1 aromatic rings. The Kier molecular flexibility index (Phi) is 5.92. The number of amidine groups is 1. The van der Waals surface area contributed by atoms with E-state index in [1.165, 1.54) is 6.07 Å². The van der Waals surface area contributed by atoms with Crippen molar-refractivity contribution in [2.45, 2.75) is 25.8 Å². The summed E-state index contributed by atoms with van der Waals surface area (Å²) in [4.78, 5) is 12.0. The summed E-state index contributed by atoms with van der Waals surface area (Å²) in [5.74, 6) is -0.256. The maximum Gasteiger partial charge on any atom is 0.253 e. The van der Waals surface area contributed by atoms with Gasteiger partial charge in [-0.1, -0.05) is 35.3 Å². The molecule has 5 nitrogen and oxygen atoms in total. The maximum atomic E-state index is 12.0. The summed E-state index contributed by atoms with van der Waals surface area (Å²) >= 11 is 11.7. The van der Waals surface area contributed by atoms with E-state index in [-0.39, 0.29) is 29.2 Å². The van der Waals surface area contributed by atoms with Crippen molar-refractivity contribution in [3.05, 3.63) is 33.8 Å². The maximum absolute atomic E-state index is 12.0. The van der Waals surface area contributed by atoms with Gasteiger partial charge in [-0.05, 0) is 24.6 Å². The number of amides is 1. The summed E-state index contributed by atoms with van der Waals surface area (Å²) in [6.45, 7) is 1.89. The number of hydrogen-bond donors (Lipinski definition) is 3. The average Bonchev–Trinajstić information content (AvgIpc) is 2.37. The van der Waals surface area contributed by atoms with Crippen LogP contribution in [0.1, 0.15) is 30.1 Å². The zero-order valence-electron chi connectivity index (χ0n) is 10.4. The predicted octanol–water partition coefficient (Wildman–Crippen LogP) is 2.64. The Balaban J connectivity index is 2.77. The van der Waals surface area contributed by atoms with Crippen LogP contribution in [0.5, 0.6) is 0 Å². The van der Waals surface area contributed by atoms with Gasteiger partial charge in [0, 0.05) is 17.5 Å². The second-order valence-electron chi connectivity index (χ2n) is 4.00. The molecule has 0 saturated heterocycles. The highest BCUT2D eigenvalue weighted by Crippen LogP contribution is 2.21. The fourth-order valence-corrected chi connectivity index (χ4v) is 2.02. The van der Waals surface area contributed by atoms with Crippen LogP contribution in [0.15, 0.2) is 23.4 Å². The Morgan fingerprint density at radius 3 is 2.74 bits per heavy atom. The van der Waals surface area contributed by atoms with Gasteiger partial charge in [0.25, 0.3) is 5.91 Å². The minimum Gasteiger partial charge on any atom is -0.409 e. The predicted molar refractivity (Wildman–Crippen MR) is 76.0 cm³/mol. The number of oxime groups is 1. The third-order valence-corrected chi connectivity index (χ3v) is 3.14. The van der Waals surface area contributed by atoms with E-state index in [1.807, 2.05) is 6.92 Å². The van der Waals surface area contributed by atoms with Crippen LogP contribution >= 0.6 is 23.2 Å². The first-order chi connectivity index (χ1) is 8.97. The molecule has 0 aromatic heterocycles. The molecule has 0 fully saturated rings. The molecule has 4 N–H and O–H groups in total. The highest BCUT2D eigenvalue weighted by molar-refractivity contribution is 6.36. The Morgan fingerprint density at radius 1 is 1.53 bits per heavy atom. The number of halogens is 2. The molecule has 7 heteroatoms. The Labute approximate surface area is 121 Å². The van der Waals surface area contributed by atoms with Crippen molar-refractivity contribution < 1.29 is 10.0 Å². The molecule has 1 atom stereocenters. The second kappa shape index (κ2) is 7.21. The zero-order valence-corrected chi connectivity index (χ0v) is 11.9. The van der Waals surface area contributed by atoms with E-state index in [0.29, 0.717) is 17.0 Å². The highest BCUT2D eigenvalue weighted by atomic mass is 35.5. The van der Waals surface area contributed by atoms with Crippen LogP contribution in [0.25, 0.3) is 0 Å². The van der Waals surface area contributed by atoms with E-state index in [1.54, 1.807) is 12.1 Å². The zero-order chi connectivity index (χ0) is 14.4. The molecule has 0 saturated carbocycles. The SMILES string of the molecule is CCC(CC(N)=NO)NC(=O)c1ccc(Cl)cc1Cl. The van der Waals surface area contributed by atoms with Crippen LogP contribution < -0.4 is 11.1 Å². The topological polar surface area (TPSA) is 87.7 Å². The van der Waals surface area contributed by atoms with Crippen LogP contribution in [0.4, 0.5) is 0 Å². The molecule has 1 aromatic carbocycles. The molecule has 0 heterocycles. The molecular weight excluding hydrogens is 289 g/mol. The molecule has 104 valence electrons. The summed E-state index contributed by atoms with van der Waals surface area (Å²) in [5.41, 5.74) is 5.76. The lowest BCUT2D eigenvalue weighted by Gasteiger charge is -2.16. The molecular formula is C12H15Cl2N3O2. The first-order valence-electron chi connectivity index (χ1n) is 5.70. The molecule has 0 spiro atoms. The van der Waals surface area contributed by atoms with Crippen LogP contribution in [0.3, 0.4) is 0 Å². The van der Waals surface area contributed by atoms with Gasteiger partial charge >= 0.3 is 0 Å². The van der Waals surface area contributed by atoms with Gasteiger partial charge in [0.05, 0.1) is 10.6 Å². The summed E-state index contributed by atoms with van der Waals surface area (Å²) in [7, 11) is 0. The summed E-state index contributed by atoms with van der Waals surface area (Å²) in [6.07, 6.45) is 0.914. The van der Waals surface area contributed by atoms with Crippen LogP contribution in [0.2, 0.25) is 10.0 Å². The van der Waals surface area contributed by atoms with Crippen molar-refractivity contribution in [2.24, 2.45) is 10.9 Å². The first-order valence-corrected chi connectivity index (χ1v) is 6.45. The molecule has 19 heavy (non-hydrogen) atoms. The normalized spacial score (nSPS) is 13.1. The molecule has 0 aliphatic carbocycles. The smallest absolute Gasteiger partial charge is 0.253 e. The molecule has 0 radical (unpaired) electrons. The van der Waals surface area contributed by atoms with E-state index < -0.39 is 0 Å². The quantitative estimate of drug-likeness (QED) is 0.338. The summed E-state index contributed by atoms with van der Waals surface area (Å²) in [6, 6.07) is 4.42. The van der Waals surface area contributed by atoms with Crippen LogP contribution in [0, 0.1) is 0 Å². The van der Waals surface area contributed by atoms with E-state index in [2.05, 4.69) is 10.5 Å². The van der Waals surface area contributed by atoms with Crippen molar-refractivity contribution in [1.82, 2.24) is 5.32 Å². The fraction of sp³-hybridized carbons (Fsp3) is 0.333. The van der Waals surface area contributed by atoms with Crippen molar-refractivity contribution in [2.75, 3.05) is 0 Å². The van der Waals surface area contributed by atoms with Gasteiger partial charge in [0.15, 0.2) is 0 Å². The van der Waals surface area contributed by atoms with Crippen LogP contribution in [-0.4, -0.2) is 23.0 Å². The van der Waals surface area contributed by atoms with Gasteiger partial charge in [0.1, 0.15) is 5.84 Å². The van der Waals surface area contributed by atoms with E-state index >= 15 is 0 Å². The number of nitrogens with two attached hydrogens (primary N) is 1. The van der Waals surface area contributed by atoms with E-state index in [4.69, 9.17) is 34.1 Å². The lowest BCUT2D eigenvalue weighted by molar-refractivity contribution is 0.0937. The third-order valence-electron chi connectivity index (χ3n) is 2.59. The van der Waals surface area contributed by atoms with Crippen LogP contribution in [-0.2, 0) is 0 Å². The first kappa shape index (κ1) is 15.6. The number of carbonyl (C=O) groups is 1. The largest absolute Gasteiger partial charge is 0.409 e. The van der Waals surface area contributed by atoms with Crippen molar-refractivity contribution in [3.63, 3.8) is 0 Å². The number of carbonyl (C=O) groups excluding carboxylic acids is 1. The van der Waals surface area contributed by atoms with Crippen molar-refractivity contribution in [3.8, 4) is 0 Å². The molecule has 1 rings (SSSR count). The molecule has 0 aliphatic rings. The number of rotatable bonds is 5. The van der Waals surface area contributed by atoms with Crippen molar-refractivity contribution >= 4 is 34.9 Å². The van der Waals surface area contributed by atoms with Gasteiger partial charge in [-0.25, -0.2) is 0 Å². The Bertz CT molecular complexity index is 492. The standard InChI is InChI=1S/C12H15Cl2N3O2/c1-2-8(6-11(15)17-19)16-12(18)9-4-3-7(13)5-10(9)14/h3-5,8,19H,2,6H2,1H3,(H2,15,17)(H,16,18). The number of nitrogens with one attached hydrogen (secondary N) is 1. The summed E-state index contributed by atoms with van der Waals surface area (Å²) in [5, 5.41) is 14.9. The monoisotopic (exact) mass is 303 g/mol. The molecule has 0 bridgehead atoms. The Hall–Kier alpha value is -1.46. The van der Waals surface area contributed by atoms with Gasteiger partial charge in [0.2, 0.25) is 0 Å². The molecule has 1 amide bonds. The minimum atomic E-state index is -0.320. The van der Waals surface area contributed by atoms with Gasteiger partial charge in [-0.3, -0.25) is 4.79 Å². The lowest BCUT2D eigenvalue weighted by atomic mass is 10.1. The second-order valence-corrected chi connectivity index (χ2v) is 4.84. The summed E-state index contributed by atoms with van der Waals surface area (Å²) < 4.78 is 0. The van der Waals surface area contributed by atoms with E-state index in [0.717, 1.165) is 0 Å². The number of benzene rings is 1. The molecule has 1 unspecified atom stereocenters. The number of nitrogens with zero attached hydrogens (tertiary/aromatic N) is 1. The minimum absolute atomic E-state index is 0.0642. The van der Waals surface area contributed by atoms with E-state index in [9.17, 15) is 4.79 Å². The van der Waals surface area contributed by atoms with Crippen molar-refractivity contribution in [1.29, 1.82) is 0 Å². The highest BCUT2D eigenvalue weighted by Gasteiger charge is 2.16. The molecule has 0 aliphatic heterocycles. The number of hydrogen-bond acceptors (Lipinski definition) is 3. The van der Waals surface area contributed by atoms with Gasteiger partial charge in [-0.15, -0.1) is 0 Å². The third kappa shape index (κ3) is 4.61. The van der Waals surface area contributed by atoms with Gasteiger partial charge in [-0.2, -0.15) is 0 Å².